The molecule has 18 heavy (non-hydrogen) atoms. The molecule has 1 N–H and O–H groups in total. The predicted molar refractivity (Wildman–Crippen MR) is 78.9 cm³/mol. The molecule has 2 nitrogen and oxygen atoms in total. The number of rotatable bonds is 1. The molecule has 1 spiro atoms. The van der Waals surface area contributed by atoms with Gasteiger partial charge in [-0.15, -0.1) is 0 Å². The van der Waals surface area contributed by atoms with E-state index >= 15 is 0 Å². The van der Waals surface area contributed by atoms with Gasteiger partial charge in [-0.3, -0.25) is 4.90 Å². The second kappa shape index (κ2) is 5.13. The fourth-order valence-corrected chi connectivity index (χ4v) is 3.82. The van der Waals surface area contributed by atoms with Gasteiger partial charge >= 0.3 is 0 Å². The topological polar surface area (TPSA) is 15.3 Å². The van der Waals surface area contributed by atoms with E-state index in [9.17, 15) is 0 Å². The lowest BCUT2D eigenvalue weighted by Gasteiger charge is -2.55. The Morgan fingerprint density at radius 2 is 1.72 bits per heavy atom. The Labute approximate surface area is 114 Å². The minimum atomic E-state index is 0.293. The third kappa shape index (κ3) is 2.91. The van der Waals surface area contributed by atoms with Crippen LogP contribution in [0.4, 0.5) is 0 Å². The monoisotopic (exact) mass is 252 g/mol. The van der Waals surface area contributed by atoms with Crippen LogP contribution >= 0.6 is 0 Å². The van der Waals surface area contributed by atoms with Crippen LogP contribution in [-0.4, -0.2) is 35.1 Å². The molecular weight excluding hydrogens is 220 g/mol. The second-order valence-electron chi connectivity index (χ2n) is 7.83. The highest BCUT2D eigenvalue weighted by Gasteiger charge is 2.43. The average molecular weight is 252 g/mol. The third-order valence-corrected chi connectivity index (χ3v) is 5.00. The molecule has 1 atom stereocenters. The van der Waals surface area contributed by atoms with Gasteiger partial charge in [0.1, 0.15) is 0 Å². The van der Waals surface area contributed by atoms with E-state index in [0.29, 0.717) is 17.1 Å². The summed E-state index contributed by atoms with van der Waals surface area (Å²) in [6, 6.07) is 0.692. The first-order valence-corrected chi connectivity index (χ1v) is 7.86. The molecule has 2 fully saturated rings. The van der Waals surface area contributed by atoms with Crippen LogP contribution in [0.25, 0.3) is 0 Å². The van der Waals surface area contributed by atoms with E-state index in [1.165, 1.54) is 45.2 Å². The molecule has 1 saturated carbocycles. The number of nitrogens with zero attached hydrogens (tertiary/aromatic N) is 1. The van der Waals surface area contributed by atoms with Crippen molar-refractivity contribution in [2.45, 2.75) is 83.8 Å². The summed E-state index contributed by atoms with van der Waals surface area (Å²) in [7, 11) is 0. The lowest BCUT2D eigenvalue weighted by atomic mass is 9.77. The minimum Gasteiger partial charge on any atom is -0.308 e. The maximum absolute atomic E-state index is 3.93. The van der Waals surface area contributed by atoms with Crippen molar-refractivity contribution in [3.8, 4) is 0 Å². The van der Waals surface area contributed by atoms with Crippen molar-refractivity contribution < 1.29 is 0 Å². The summed E-state index contributed by atoms with van der Waals surface area (Å²) in [5, 5.41) is 3.93. The summed E-state index contributed by atoms with van der Waals surface area (Å²) in [6.45, 7) is 14.3. The zero-order valence-electron chi connectivity index (χ0n) is 13.1. The van der Waals surface area contributed by atoms with Gasteiger partial charge < -0.3 is 5.32 Å². The molecule has 106 valence electrons. The second-order valence-corrected chi connectivity index (χ2v) is 7.83. The number of hydrogen-bond donors (Lipinski definition) is 1. The molecule has 1 aliphatic carbocycles. The minimum absolute atomic E-state index is 0.293. The fraction of sp³-hybridized carbons (Fsp3) is 1.00. The van der Waals surface area contributed by atoms with E-state index in [4.69, 9.17) is 0 Å². The van der Waals surface area contributed by atoms with Crippen LogP contribution in [0.1, 0.15) is 66.7 Å². The molecule has 2 rings (SSSR count). The maximum Gasteiger partial charge on any atom is 0.0309 e. The summed E-state index contributed by atoms with van der Waals surface area (Å²) < 4.78 is 0. The van der Waals surface area contributed by atoms with E-state index < -0.39 is 0 Å². The van der Waals surface area contributed by atoms with Crippen molar-refractivity contribution >= 4 is 0 Å². The molecule has 0 aromatic carbocycles. The Bertz CT molecular complexity index is 271. The highest BCUT2D eigenvalue weighted by molar-refractivity contribution is 5.03. The van der Waals surface area contributed by atoms with Crippen molar-refractivity contribution in [1.29, 1.82) is 0 Å². The van der Waals surface area contributed by atoms with Gasteiger partial charge in [-0.05, 0) is 39.5 Å². The van der Waals surface area contributed by atoms with Gasteiger partial charge in [-0.2, -0.15) is 0 Å². The average Bonchev–Trinajstić information content (AvgIpc) is 2.28. The molecule has 0 bridgehead atoms. The van der Waals surface area contributed by atoms with Crippen molar-refractivity contribution in [2.24, 2.45) is 5.92 Å². The molecule has 1 heterocycles. The summed E-state index contributed by atoms with van der Waals surface area (Å²) >= 11 is 0. The summed E-state index contributed by atoms with van der Waals surface area (Å²) in [4.78, 5) is 2.78. The summed E-state index contributed by atoms with van der Waals surface area (Å²) in [5.41, 5.74) is 0.721. The molecule has 0 radical (unpaired) electrons. The highest BCUT2D eigenvalue weighted by atomic mass is 15.3. The van der Waals surface area contributed by atoms with E-state index in [1.807, 2.05) is 0 Å². The Hall–Kier alpha value is -0.0800. The predicted octanol–water partition coefficient (Wildman–Crippen LogP) is 3.42. The summed E-state index contributed by atoms with van der Waals surface area (Å²) in [5.74, 6) is 0.734. The van der Waals surface area contributed by atoms with Gasteiger partial charge in [0, 0.05) is 30.2 Å². The van der Waals surface area contributed by atoms with Gasteiger partial charge in [-0.1, -0.05) is 33.1 Å². The van der Waals surface area contributed by atoms with Crippen molar-refractivity contribution in [1.82, 2.24) is 10.2 Å². The number of hydrogen-bond acceptors (Lipinski definition) is 2. The van der Waals surface area contributed by atoms with E-state index in [0.717, 1.165) is 5.92 Å². The first-order valence-electron chi connectivity index (χ1n) is 7.86. The van der Waals surface area contributed by atoms with Gasteiger partial charge in [0.2, 0.25) is 0 Å². The zero-order valence-corrected chi connectivity index (χ0v) is 13.1. The Morgan fingerprint density at radius 3 is 2.22 bits per heavy atom. The standard InChI is InChI=1S/C16H32N2/c1-13(2)14-11-17-16(9-7-6-8-10-16)12-18(14)15(3,4)5/h13-14,17H,6-12H2,1-5H3. The van der Waals surface area contributed by atoms with Crippen LogP contribution in [0.2, 0.25) is 0 Å². The van der Waals surface area contributed by atoms with Crippen LogP contribution in [0.15, 0.2) is 0 Å². The van der Waals surface area contributed by atoms with Crippen molar-refractivity contribution in [2.75, 3.05) is 13.1 Å². The zero-order chi connectivity index (χ0) is 13.4. The molecule has 1 unspecified atom stereocenters. The van der Waals surface area contributed by atoms with Gasteiger partial charge in [0.15, 0.2) is 0 Å². The quantitative estimate of drug-likeness (QED) is 0.769. The molecule has 0 aromatic rings. The van der Waals surface area contributed by atoms with E-state index in [2.05, 4.69) is 44.8 Å². The Kier molecular flexibility index (Phi) is 4.08. The molecular formula is C16H32N2. The molecule has 0 aromatic heterocycles. The van der Waals surface area contributed by atoms with E-state index in [1.54, 1.807) is 0 Å². The molecule has 2 aliphatic rings. The normalized spacial score (nSPS) is 30.0. The SMILES string of the molecule is CC(C)C1CNC2(CCCCC2)CN1C(C)(C)C. The smallest absolute Gasteiger partial charge is 0.0309 e. The number of piperazine rings is 1. The lowest BCUT2D eigenvalue weighted by Crippen LogP contribution is -2.69. The van der Waals surface area contributed by atoms with Gasteiger partial charge in [-0.25, -0.2) is 0 Å². The molecule has 0 amide bonds. The fourth-order valence-electron chi connectivity index (χ4n) is 3.82. The first kappa shape index (κ1) is 14.3. The lowest BCUT2D eigenvalue weighted by molar-refractivity contribution is -0.0210. The summed E-state index contributed by atoms with van der Waals surface area (Å²) in [6.07, 6.45) is 7.02. The van der Waals surface area contributed by atoms with Crippen LogP contribution in [0.5, 0.6) is 0 Å². The van der Waals surface area contributed by atoms with Crippen LogP contribution in [0.3, 0.4) is 0 Å². The molecule has 1 saturated heterocycles. The maximum atomic E-state index is 3.93. The number of nitrogens with one attached hydrogen (secondary N) is 1. The van der Waals surface area contributed by atoms with Crippen LogP contribution in [0, 0.1) is 5.92 Å². The van der Waals surface area contributed by atoms with Crippen LogP contribution in [-0.2, 0) is 0 Å². The van der Waals surface area contributed by atoms with Gasteiger partial charge in [0.05, 0.1) is 0 Å². The van der Waals surface area contributed by atoms with Crippen LogP contribution < -0.4 is 5.32 Å². The van der Waals surface area contributed by atoms with Gasteiger partial charge in [0.25, 0.3) is 0 Å². The Balaban J connectivity index is 2.14. The first-order chi connectivity index (χ1) is 8.34. The highest BCUT2D eigenvalue weighted by Crippen LogP contribution is 2.35. The third-order valence-electron chi connectivity index (χ3n) is 5.00. The molecule has 1 aliphatic heterocycles. The largest absolute Gasteiger partial charge is 0.308 e. The Morgan fingerprint density at radius 1 is 1.11 bits per heavy atom. The van der Waals surface area contributed by atoms with Crippen molar-refractivity contribution in [3.05, 3.63) is 0 Å². The van der Waals surface area contributed by atoms with Crippen molar-refractivity contribution in [3.63, 3.8) is 0 Å². The van der Waals surface area contributed by atoms with E-state index in [-0.39, 0.29) is 0 Å². The molecule has 2 heteroatoms.